The second-order valence-electron chi connectivity index (χ2n) is 5.85. The zero-order valence-electron chi connectivity index (χ0n) is 14.4. The van der Waals surface area contributed by atoms with Gasteiger partial charge in [-0.15, -0.1) is 5.10 Å². The third-order valence-corrected chi connectivity index (χ3v) is 4.32. The number of hydrogen-bond acceptors (Lipinski definition) is 5. The number of hydrogen-bond donors (Lipinski definition) is 2. The number of rotatable bonds is 5. The van der Waals surface area contributed by atoms with Crippen molar-refractivity contribution in [2.75, 3.05) is 11.9 Å². The van der Waals surface area contributed by atoms with Crippen molar-refractivity contribution in [3.8, 4) is 0 Å². The molecule has 0 fully saturated rings. The summed E-state index contributed by atoms with van der Waals surface area (Å²) in [5.74, 6) is -0.880. The Morgan fingerprint density at radius 2 is 1.93 bits per heavy atom. The van der Waals surface area contributed by atoms with Gasteiger partial charge in [-0.2, -0.15) is 0 Å². The van der Waals surface area contributed by atoms with E-state index in [-0.39, 0.29) is 19.0 Å². The fraction of sp³-hybridized carbons (Fsp3) is 0.167. The molecule has 3 rings (SSSR count). The highest BCUT2D eigenvalue weighted by atomic mass is 79.9. The number of anilines is 1. The van der Waals surface area contributed by atoms with Crippen LogP contribution < -0.4 is 16.2 Å². The second-order valence-corrected chi connectivity index (χ2v) is 6.77. The molecule has 0 radical (unpaired) electrons. The van der Waals surface area contributed by atoms with Crippen LogP contribution in [-0.2, 0) is 16.1 Å². The molecule has 2 N–H and O–H groups in total. The predicted octanol–water partition coefficient (Wildman–Crippen LogP) is 1.62. The van der Waals surface area contributed by atoms with Gasteiger partial charge in [-0.25, -0.2) is 4.68 Å². The maximum absolute atomic E-state index is 12.3. The number of aryl methyl sites for hydroxylation is 1. The molecule has 2 aromatic carbocycles. The van der Waals surface area contributed by atoms with Gasteiger partial charge in [0.1, 0.15) is 12.1 Å². The molecule has 0 saturated carbocycles. The molecule has 0 unspecified atom stereocenters. The molecule has 8 nitrogen and oxygen atoms in total. The van der Waals surface area contributed by atoms with Crippen LogP contribution in [0.3, 0.4) is 0 Å². The highest BCUT2D eigenvalue weighted by Crippen LogP contribution is 2.19. The summed E-state index contributed by atoms with van der Waals surface area (Å²) in [6.07, 6.45) is 0. The van der Waals surface area contributed by atoms with Gasteiger partial charge in [0.05, 0.1) is 11.9 Å². The number of aromatic nitrogens is 3. The van der Waals surface area contributed by atoms with Crippen molar-refractivity contribution in [1.82, 2.24) is 20.3 Å². The average Bonchev–Trinajstić information content (AvgIpc) is 2.65. The Morgan fingerprint density at radius 1 is 1.15 bits per heavy atom. The van der Waals surface area contributed by atoms with Gasteiger partial charge in [0, 0.05) is 10.2 Å². The van der Waals surface area contributed by atoms with E-state index in [2.05, 4.69) is 36.9 Å². The van der Waals surface area contributed by atoms with Crippen LogP contribution in [-0.4, -0.2) is 33.4 Å². The SMILES string of the molecule is Cc1cc(Br)ccc1NC(=O)CNC(=O)Cn1nnc2ccccc2c1=O. The monoisotopic (exact) mass is 429 g/mol. The topological polar surface area (TPSA) is 106 Å². The molecule has 2 amide bonds. The molecule has 0 bridgehead atoms. The van der Waals surface area contributed by atoms with Crippen molar-refractivity contribution >= 4 is 44.3 Å². The van der Waals surface area contributed by atoms with Crippen molar-refractivity contribution in [3.05, 3.63) is 62.9 Å². The lowest BCUT2D eigenvalue weighted by atomic mass is 10.2. The number of nitrogens with one attached hydrogen (secondary N) is 2. The van der Waals surface area contributed by atoms with E-state index >= 15 is 0 Å². The van der Waals surface area contributed by atoms with E-state index in [1.54, 1.807) is 30.3 Å². The first-order valence-electron chi connectivity index (χ1n) is 8.09. The standard InChI is InChI=1S/C18H16BrN5O3/c1-11-8-12(19)6-7-14(11)21-16(25)9-20-17(26)10-24-18(27)13-4-2-3-5-15(13)22-23-24/h2-8H,9-10H2,1H3,(H,20,26)(H,21,25). The predicted molar refractivity (Wildman–Crippen MR) is 104 cm³/mol. The van der Waals surface area contributed by atoms with Gasteiger partial charge in [-0.05, 0) is 42.8 Å². The minimum atomic E-state index is -0.510. The quantitative estimate of drug-likeness (QED) is 0.640. The summed E-state index contributed by atoms with van der Waals surface area (Å²) in [5.41, 5.74) is 1.60. The zero-order valence-corrected chi connectivity index (χ0v) is 16.0. The number of nitrogens with zero attached hydrogens (tertiary/aromatic N) is 3. The summed E-state index contributed by atoms with van der Waals surface area (Å²) in [6, 6.07) is 12.2. The van der Waals surface area contributed by atoms with E-state index in [0.29, 0.717) is 16.6 Å². The summed E-state index contributed by atoms with van der Waals surface area (Å²) in [7, 11) is 0. The van der Waals surface area contributed by atoms with Gasteiger partial charge < -0.3 is 10.6 Å². The van der Waals surface area contributed by atoms with Gasteiger partial charge in [-0.3, -0.25) is 14.4 Å². The van der Waals surface area contributed by atoms with Crippen LogP contribution in [0.4, 0.5) is 5.69 Å². The lowest BCUT2D eigenvalue weighted by Crippen LogP contribution is -2.38. The third-order valence-electron chi connectivity index (χ3n) is 3.83. The highest BCUT2D eigenvalue weighted by Gasteiger charge is 2.11. The van der Waals surface area contributed by atoms with Gasteiger partial charge >= 0.3 is 0 Å². The summed E-state index contributed by atoms with van der Waals surface area (Å²) >= 11 is 3.36. The molecule has 1 heterocycles. The molecule has 9 heteroatoms. The molecule has 0 atom stereocenters. The molecule has 0 spiro atoms. The van der Waals surface area contributed by atoms with Crippen LogP contribution in [0.2, 0.25) is 0 Å². The van der Waals surface area contributed by atoms with Crippen LogP contribution in [0.1, 0.15) is 5.56 Å². The Kier molecular flexibility index (Phi) is 5.60. The highest BCUT2D eigenvalue weighted by molar-refractivity contribution is 9.10. The maximum Gasteiger partial charge on any atom is 0.278 e. The van der Waals surface area contributed by atoms with E-state index in [1.807, 2.05) is 19.1 Å². The molecule has 0 aliphatic heterocycles. The van der Waals surface area contributed by atoms with Crippen LogP contribution in [0.25, 0.3) is 10.9 Å². The van der Waals surface area contributed by atoms with Crippen molar-refractivity contribution in [2.45, 2.75) is 13.5 Å². The summed E-state index contributed by atoms with van der Waals surface area (Å²) in [6.45, 7) is 1.33. The van der Waals surface area contributed by atoms with Gasteiger partial charge in [0.25, 0.3) is 5.56 Å². The number of fused-ring (bicyclic) bond motifs is 1. The molecule has 138 valence electrons. The molecule has 3 aromatic rings. The smallest absolute Gasteiger partial charge is 0.278 e. The number of amides is 2. The molecule has 0 aliphatic carbocycles. The van der Waals surface area contributed by atoms with E-state index in [0.717, 1.165) is 14.7 Å². The number of carbonyl (C=O) groups excluding carboxylic acids is 2. The van der Waals surface area contributed by atoms with Crippen LogP contribution in [0.5, 0.6) is 0 Å². The fourth-order valence-corrected chi connectivity index (χ4v) is 2.94. The molecule has 27 heavy (non-hydrogen) atoms. The summed E-state index contributed by atoms with van der Waals surface area (Å²) in [5, 5.41) is 13.2. The van der Waals surface area contributed by atoms with E-state index in [1.165, 1.54) is 0 Å². The Bertz CT molecular complexity index is 1080. The fourth-order valence-electron chi connectivity index (χ4n) is 2.46. The van der Waals surface area contributed by atoms with Gasteiger partial charge in [0.2, 0.25) is 11.8 Å². The van der Waals surface area contributed by atoms with Gasteiger partial charge in [0.15, 0.2) is 0 Å². The lowest BCUT2D eigenvalue weighted by Gasteiger charge is -2.10. The normalized spacial score (nSPS) is 10.6. The first kappa shape index (κ1) is 18.7. The molecule has 1 aromatic heterocycles. The van der Waals surface area contributed by atoms with Crippen molar-refractivity contribution in [2.24, 2.45) is 0 Å². The molecule has 0 aliphatic rings. The van der Waals surface area contributed by atoms with Crippen LogP contribution in [0, 0.1) is 6.92 Å². The van der Waals surface area contributed by atoms with E-state index in [4.69, 9.17) is 0 Å². The van der Waals surface area contributed by atoms with Crippen LogP contribution >= 0.6 is 15.9 Å². The zero-order chi connectivity index (χ0) is 19.4. The Labute approximate surface area is 162 Å². The van der Waals surface area contributed by atoms with Crippen molar-refractivity contribution < 1.29 is 9.59 Å². The second kappa shape index (κ2) is 8.09. The van der Waals surface area contributed by atoms with E-state index in [9.17, 15) is 14.4 Å². The Morgan fingerprint density at radius 3 is 2.70 bits per heavy atom. The van der Waals surface area contributed by atoms with Crippen LogP contribution in [0.15, 0.2) is 51.7 Å². The minimum Gasteiger partial charge on any atom is -0.345 e. The van der Waals surface area contributed by atoms with Gasteiger partial charge in [-0.1, -0.05) is 33.3 Å². The molecular formula is C18H16BrN5O3. The minimum absolute atomic E-state index is 0.218. The number of benzene rings is 2. The maximum atomic E-state index is 12.3. The first-order valence-corrected chi connectivity index (χ1v) is 8.88. The molecule has 0 saturated heterocycles. The lowest BCUT2D eigenvalue weighted by molar-refractivity contribution is -0.124. The largest absolute Gasteiger partial charge is 0.345 e. The average molecular weight is 430 g/mol. The number of carbonyl (C=O) groups is 2. The summed E-state index contributed by atoms with van der Waals surface area (Å²) in [4.78, 5) is 36.4. The number of halogens is 1. The third kappa shape index (κ3) is 4.56. The Balaban J connectivity index is 1.59. The van der Waals surface area contributed by atoms with E-state index < -0.39 is 11.5 Å². The summed E-state index contributed by atoms with van der Waals surface area (Å²) < 4.78 is 1.88. The first-order chi connectivity index (χ1) is 12.9. The van der Waals surface area contributed by atoms with Crippen molar-refractivity contribution in [1.29, 1.82) is 0 Å². The Hall–Kier alpha value is -3.07. The van der Waals surface area contributed by atoms with Crippen molar-refractivity contribution in [3.63, 3.8) is 0 Å². The molecular weight excluding hydrogens is 414 g/mol.